The van der Waals surface area contributed by atoms with E-state index in [9.17, 15) is 13.9 Å². The molecule has 1 saturated carbocycles. The van der Waals surface area contributed by atoms with Gasteiger partial charge in [-0.3, -0.25) is 4.68 Å². The fraction of sp³-hybridized carbons (Fsp3) is 0.786. The third kappa shape index (κ3) is 2.95. The second kappa shape index (κ2) is 5.68. The minimum Gasteiger partial charge on any atom is -0.493 e. The Morgan fingerprint density at radius 1 is 1.40 bits per heavy atom. The first-order valence-corrected chi connectivity index (χ1v) is 7.03. The Kier molecular flexibility index (Phi) is 4.32. The number of rotatable bonds is 4. The fourth-order valence-electron chi connectivity index (χ4n) is 2.81. The van der Waals surface area contributed by atoms with Crippen LogP contribution >= 0.6 is 0 Å². The normalized spacial score (nSPS) is 21.1. The SMILES string of the molecule is COc1cnn(C(C)C)c1C(O)C1CCC(F)(F)CC1. The van der Waals surface area contributed by atoms with Crippen LogP contribution < -0.4 is 4.74 Å². The van der Waals surface area contributed by atoms with Crippen LogP contribution in [0, 0.1) is 5.92 Å². The molecule has 0 radical (unpaired) electrons. The molecule has 4 nitrogen and oxygen atoms in total. The van der Waals surface area contributed by atoms with Gasteiger partial charge in [0, 0.05) is 18.9 Å². The van der Waals surface area contributed by atoms with Gasteiger partial charge in [-0.25, -0.2) is 8.78 Å². The van der Waals surface area contributed by atoms with Crippen LogP contribution in [0.3, 0.4) is 0 Å². The van der Waals surface area contributed by atoms with Crippen molar-refractivity contribution < 1.29 is 18.6 Å². The monoisotopic (exact) mass is 288 g/mol. The van der Waals surface area contributed by atoms with Crippen molar-refractivity contribution in [1.29, 1.82) is 0 Å². The number of ether oxygens (including phenoxy) is 1. The molecule has 0 aromatic carbocycles. The summed E-state index contributed by atoms with van der Waals surface area (Å²) in [5.74, 6) is -2.24. The first-order chi connectivity index (χ1) is 9.35. The lowest BCUT2D eigenvalue weighted by molar-refractivity contribution is -0.0640. The van der Waals surface area contributed by atoms with Gasteiger partial charge in [-0.15, -0.1) is 0 Å². The molecule has 1 fully saturated rings. The molecule has 0 bridgehead atoms. The molecule has 1 unspecified atom stereocenters. The number of aromatic nitrogens is 2. The minimum absolute atomic E-state index is 0.0774. The number of hydrogen-bond acceptors (Lipinski definition) is 3. The molecule has 1 heterocycles. The smallest absolute Gasteiger partial charge is 0.248 e. The van der Waals surface area contributed by atoms with Gasteiger partial charge in [-0.2, -0.15) is 5.10 Å². The van der Waals surface area contributed by atoms with Crippen LogP contribution in [-0.2, 0) is 0 Å². The van der Waals surface area contributed by atoms with Crippen molar-refractivity contribution in [3.8, 4) is 5.75 Å². The maximum atomic E-state index is 13.2. The van der Waals surface area contributed by atoms with Crippen LogP contribution in [0.2, 0.25) is 0 Å². The van der Waals surface area contributed by atoms with Crippen LogP contribution in [0.5, 0.6) is 5.75 Å². The third-order valence-corrected chi connectivity index (χ3v) is 4.00. The number of aliphatic hydroxyl groups is 1. The van der Waals surface area contributed by atoms with Gasteiger partial charge in [0.25, 0.3) is 0 Å². The van der Waals surface area contributed by atoms with Crippen LogP contribution in [0.15, 0.2) is 6.20 Å². The van der Waals surface area contributed by atoms with E-state index in [2.05, 4.69) is 5.10 Å². The van der Waals surface area contributed by atoms with E-state index in [-0.39, 0.29) is 24.8 Å². The van der Waals surface area contributed by atoms with Crippen molar-refractivity contribution in [1.82, 2.24) is 9.78 Å². The van der Waals surface area contributed by atoms with E-state index < -0.39 is 12.0 Å². The number of alkyl halides is 2. The van der Waals surface area contributed by atoms with E-state index in [0.29, 0.717) is 24.3 Å². The van der Waals surface area contributed by atoms with Gasteiger partial charge in [0.2, 0.25) is 5.92 Å². The number of hydrogen-bond donors (Lipinski definition) is 1. The van der Waals surface area contributed by atoms with E-state index in [4.69, 9.17) is 4.74 Å². The molecule has 1 aliphatic carbocycles. The quantitative estimate of drug-likeness (QED) is 0.924. The summed E-state index contributed by atoms with van der Waals surface area (Å²) in [7, 11) is 1.52. The molecular formula is C14H22F2N2O2. The molecule has 0 saturated heterocycles. The largest absolute Gasteiger partial charge is 0.493 e. The van der Waals surface area contributed by atoms with Crippen molar-refractivity contribution in [3.63, 3.8) is 0 Å². The third-order valence-electron chi connectivity index (χ3n) is 4.00. The van der Waals surface area contributed by atoms with Crippen LogP contribution in [0.1, 0.15) is 57.4 Å². The predicted molar refractivity (Wildman–Crippen MR) is 71.0 cm³/mol. The zero-order chi connectivity index (χ0) is 14.9. The van der Waals surface area contributed by atoms with Gasteiger partial charge in [-0.05, 0) is 32.6 Å². The van der Waals surface area contributed by atoms with Crippen molar-refractivity contribution in [2.24, 2.45) is 5.92 Å². The van der Waals surface area contributed by atoms with Gasteiger partial charge in [-0.1, -0.05) is 0 Å². The minimum atomic E-state index is -2.58. The van der Waals surface area contributed by atoms with Crippen LogP contribution in [0.4, 0.5) is 8.78 Å². The molecular weight excluding hydrogens is 266 g/mol. The van der Waals surface area contributed by atoms with Crippen molar-refractivity contribution in [3.05, 3.63) is 11.9 Å². The number of aliphatic hydroxyl groups excluding tert-OH is 1. The zero-order valence-electron chi connectivity index (χ0n) is 12.1. The fourth-order valence-corrected chi connectivity index (χ4v) is 2.81. The summed E-state index contributed by atoms with van der Waals surface area (Å²) in [6, 6.07) is 0.0774. The molecule has 0 aliphatic heterocycles. The summed E-state index contributed by atoms with van der Waals surface area (Å²) in [4.78, 5) is 0. The van der Waals surface area contributed by atoms with Crippen molar-refractivity contribution in [2.45, 2.75) is 57.6 Å². The first kappa shape index (κ1) is 15.2. The highest BCUT2D eigenvalue weighted by Crippen LogP contribution is 2.43. The summed E-state index contributed by atoms with van der Waals surface area (Å²) >= 11 is 0. The summed E-state index contributed by atoms with van der Waals surface area (Å²) < 4.78 is 33.4. The Morgan fingerprint density at radius 2 is 2.00 bits per heavy atom. The lowest BCUT2D eigenvalue weighted by Gasteiger charge is -2.32. The van der Waals surface area contributed by atoms with Crippen LogP contribution in [-0.4, -0.2) is 27.9 Å². The maximum absolute atomic E-state index is 13.2. The average Bonchev–Trinajstić information content (AvgIpc) is 2.81. The summed E-state index contributed by atoms with van der Waals surface area (Å²) in [6.07, 6.45) is 1.07. The molecule has 2 rings (SSSR count). The molecule has 114 valence electrons. The van der Waals surface area contributed by atoms with Gasteiger partial charge in [0.1, 0.15) is 11.8 Å². The molecule has 20 heavy (non-hydrogen) atoms. The summed E-state index contributed by atoms with van der Waals surface area (Å²) in [6.45, 7) is 3.91. The van der Waals surface area contributed by atoms with Gasteiger partial charge >= 0.3 is 0 Å². The van der Waals surface area contributed by atoms with E-state index in [1.54, 1.807) is 10.9 Å². The van der Waals surface area contributed by atoms with Crippen LogP contribution in [0.25, 0.3) is 0 Å². The molecule has 0 spiro atoms. The molecule has 6 heteroatoms. The van der Waals surface area contributed by atoms with E-state index in [1.165, 1.54) is 7.11 Å². The van der Waals surface area contributed by atoms with Gasteiger partial charge < -0.3 is 9.84 Å². The molecule has 1 aromatic heterocycles. The highest BCUT2D eigenvalue weighted by molar-refractivity contribution is 5.28. The molecule has 0 amide bonds. The molecule has 1 atom stereocenters. The average molecular weight is 288 g/mol. The molecule has 1 aliphatic rings. The second-order valence-corrected chi connectivity index (χ2v) is 5.77. The number of nitrogens with zero attached hydrogens (tertiary/aromatic N) is 2. The Morgan fingerprint density at radius 3 is 2.50 bits per heavy atom. The molecule has 1 aromatic rings. The van der Waals surface area contributed by atoms with E-state index >= 15 is 0 Å². The predicted octanol–water partition coefficient (Wildman–Crippen LogP) is 3.33. The Balaban J connectivity index is 2.20. The highest BCUT2D eigenvalue weighted by Gasteiger charge is 2.39. The van der Waals surface area contributed by atoms with Crippen molar-refractivity contribution in [2.75, 3.05) is 7.11 Å². The lowest BCUT2D eigenvalue weighted by Crippen LogP contribution is -2.29. The molecule has 1 N–H and O–H groups in total. The number of halogens is 2. The Labute approximate surface area is 117 Å². The van der Waals surface area contributed by atoms with E-state index in [1.807, 2.05) is 13.8 Å². The number of methoxy groups -OCH3 is 1. The van der Waals surface area contributed by atoms with Gasteiger partial charge in [0.15, 0.2) is 5.75 Å². The second-order valence-electron chi connectivity index (χ2n) is 5.77. The van der Waals surface area contributed by atoms with Crippen molar-refractivity contribution >= 4 is 0 Å². The Hall–Kier alpha value is -1.17. The summed E-state index contributed by atoms with van der Waals surface area (Å²) in [5, 5.41) is 14.8. The lowest BCUT2D eigenvalue weighted by atomic mass is 9.82. The standard InChI is InChI=1S/C14H22F2N2O2/c1-9(2)18-12(11(20-3)8-17-18)13(19)10-4-6-14(15,16)7-5-10/h8-10,13,19H,4-7H2,1-3H3. The highest BCUT2D eigenvalue weighted by atomic mass is 19.3. The first-order valence-electron chi connectivity index (χ1n) is 7.03. The topological polar surface area (TPSA) is 47.3 Å². The maximum Gasteiger partial charge on any atom is 0.248 e. The van der Waals surface area contributed by atoms with Gasteiger partial charge in [0.05, 0.1) is 13.3 Å². The summed E-state index contributed by atoms with van der Waals surface area (Å²) in [5.41, 5.74) is 0.595. The zero-order valence-corrected chi connectivity index (χ0v) is 12.1. The van der Waals surface area contributed by atoms with E-state index in [0.717, 1.165) is 0 Å². The Bertz CT molecular complexity index is 450.